The number of benzene rings is 2. The third-order valence-electron chi connectivity index (χ3n) is 5.08. The summed E-state index contributed by atoms with van der Waals surface area (Å²) in [5.74, 6) is -0.647. The first-order chi connectivity index (χ1) is 15.8. The van der Waals surface area contributed by atoms with Gasteiger partial charge in [0.1, 0.15) is 11.7 Å². The van der Waals surface area contributed by atoms with E-state index < -0.39 is 11.9 Å². The number of hydrogen-bond donors (Lipinski definition) is 2. The van der Waals surface area contributed by atoms with Crippen molar-refractivity contribution in [1.29, 1.82) is 0 Å². The fourth-order valence-corrected chi connectivity index (χ4v) is 3.63. The second-order valence-corrected chi connectivity index (χ2v) is 8.04. The standard InChI is InChI=1S/C24H22ClN5O3/c1-14-11-15(2)30(28-14)16(3)23(31)27-20-10-9-18(12-19(20)25)26-24(32)22-13-21(29-33-22)17-7-5-4-6-8-17/h4-13,16H,1-3H3,(H,26,32)(H,27,31). The van der Waals surface area contributed by atoms with E-state index in [1.165, 1.54) is 0 Å². The first-order valence-electron chi connectivity index (χ1n) is 10.3. The molecule has 0 saturated heterocycles. The quantitative estimate of drug-likeness (QED) is 0.406. The number of rotatable bonds is 6. The van der Waals surface area contributed by atoms with Crippen molar-refractivity contribution < 1.29 is 14.1 Å². The van der Waals surface area contributed by atoms with Crippen LogP contribution in [0.3, 0.4) is 0 Å². The van der Waals surface area contributed by atoms with E-state index in [2.05, 4.69) is 20.9 Å². The normalized spacial score (nSPS) is 11.8. The SMILES string of the molecule is Cc1cc(C)n(C(C)C(=O)Nc2ccc(NC(=O)c3cc(-c4ccccc4)no3)cc2Cl)n1. The number of nitrogens with one attached hydrogen (secondary N) is 2. The van der Waals surface area contributed by atoms with E-state index in [0.717, 1.165) is 17.0 Å². The van der Waals surface area contributed by atoms with Gasteiger partial charge in [0.25, 0.3) is 5.91 Å². The van der Waals surface area contributed by atoms with Gasteiger partial charge in [-0.3, -0.25) is 14.3 Å². The van der Waals surface area contributed by atoms with Crippen molar-refractivity contribution >= 4 is 34.8 Å². The molecule has 0 bridgehead atoms. The maximum Gasteiger partial charge on any atom is 0.294 e. The van der Waals surface area contributed by atoms with Crippen LogP contribution in [-0.4, -0.2) is 26.8 Å². The van der Waals surface area contributed by atoms with Crippen LogP contribution in [0.5, 0.6) is 0 Å². The molecule has 0 aliphatic carbocycles. The molecular weight excluding hydrogens is 442 g/mol. The molecule has 0 spiro atoms. The maximum atomic E-state index is 12.7. The number of anilines is 2. The van der Waals surface area contributed by atoms with Gasteiger partial charge in [0.05, 0.1) is 16.4 Å². The highest BCUT2D eigenvalue weighted by Gasteiger charge is 2.19. The minimum atomic E-state index is -0.514. The van der Waals surface area contributed by atoms with Gasteiger partial charge in [-0.2, -0.15) is 5.10 Å². The Morgan fingerprint density at radius 2 is 1.79 bits per heavy atom. The summed E-state index contributed by atoms with van der Waals surface area (Å²) in [5.41, 5.74) is 4.02. The summed E-state index contributed by atoms with van der Waals surface area (Å²) < 4.78 is 6.84. The first-order valence-corrected chi connectivity index (χ1v) is 10.7. The zero-order chi connectivity index (χ0) is 23.5. The highest BCUT2D eigenvalue weighted by atomic mass is 35.5. The van der Waals surface area contributed by atoms with Crippen LogP contribution < -0.4 is 10.6 Å². The minimum Gasteiger partial charge on any atom is -0.350 e. The molecule has 8 nitrogen and oxygen atoms in total. The summed E-state index contributed by atoms with van der Waals surface area (Å²) >= 11 is 6.35. The van der Waals surface area contributed by atoms with Gasteiger partial charge in [0.15, 0.2) is 0 Å². The summed E-state index contributed by atoms with van der Waals surface area (Å²) in [6.45, 7) is 5.53. The summed E-state index contributed by atoms with van der Waals surface area (Å²) in [4.78, 5) is 25.2. The number of carbonyl (C=O) groups excluding carboxylic acids is 2. The van der Waals surface area contributed by atoms with Gasteiger partial charge in [-0.15, -0.1) is 0 Å². The van der Waals surface area contributed by atoms with Crippen molar-refractivity contribution in [1.82, 2.24) is 14.9 Å². The third kappa shape index (κ3) is 4.96. The fourth-order valence-electron chi connectivity index (χ4n) is 3.40. The van der Waals surface area contributed by atoms with Crippen molar-refractivity contribution in [2.24, 2.45) is 0 Å². The van der Waals surface area contributed by atoms with E-state index in [-0.39, 0.29) is 16.7 Å². The number of carbonyl (C=O) groups is 2. The Morgan fingerprint density at radius 1 is 1.03 bits per heavy atom. The maximum absolute atomic E-state index is 12.7. The van der Waals surface area contributed by atoms with Gasteiger partial charge >= 0.3 is 0 Å². The van der Waals surface area contributed by atoms with E-state index >= 15 is 0 Å². The zero-order valence-electron chi connectivity index (χ0n) is 18.3. The van der Waals surface area contributed by atoms with E-state index in [1.54, 1.807) is 35.9 Å². The Labute approximate surface area is 195 Å². The van der Waals surface area contributed by atoms with Gasteiger partial charge in [-0.25, -0.2) is 0 Å². The Hall–Kier alpha value is -3.91. The average Bonchev–Trinajstić information content (AvgIpc) is 3.42. The molecule has 0 fully saturated rings. The number of amides is 2. The van der Waals surface area contributed by atoms with Crippen LogP contribution >= 0.6 is 11.6 Å². The van der Waals surface area contributed by atoms with Gasteiger partial charge in [0.2, 0.25) is 11.7 Å². The van der Waals surface area contributed by atoms with Gasteiger partial charge in [-0.05, 0) is 45.0 Å². The number of halogens is 1. The van der Waals surface area contributed by atoms with E-state index in [9.17, 15) is 9.59 Å². The Balaban J connectivity index is 1.42. The second-order valence-electron chi connectivity index (χ2n) is 7.63. The van der Waals surface area contributed by atoms with Crippen LogP contribution in [0.25, 0.3) is 11.3 Å². The Bertz CT molecular complexity index is 1310. The number of hydrogen-bond acceptors (Lipinski definition) is 5. The molecule has 0 saturated carbocycles. The Morgan fingerprint density at radius 3 is 2.45 bits per heavy atom. The zero-order valence-corrected chi connectivity index (χ0v) is 19.1. The first kappa shape index (κ1) is 22.3. The molecule has 9 heteroatoms. The fraction of sp³-hybridized carbons (Fsp3) is 0.167. The predicted molar refractivity (Wildman–Crippen MR) is 126 cm³/mol. The van der Waals surface area contributed by atoms with Crippen molar-refractivity contribution in [3.8, 4) is 11.3 Å². The van der Waals surface area contributed by atoms with E-state index in [0.29, 0.717) is 17.1 Å². The molecule has 2 aromatic heterocycles. The molecule has 4 rings (SSSR count). The molecule has 2 heterocycles. The number of nitrogens with zero attached hydrogens (tertiary/aromatic N) is 3. The second kappa shape index (κ2) is 9.30. The molecule has 2 aromatic carbocycles. The highest BCUT2D eigenvalue weighted by molar-refractivity contribution is 6.34. The summed E-state index contributed by atoms with van der Waals surface area (Å²) in [5, 5.41) is 14.1. The molecule has 2 amide bonds. The number of aromatic nitrogens is 3. The average molecular weight is 464 g/mol. The Kier molecular flexibility index (Phi) is 6.28. The third-order valence-corrected chi connectivity index (χ3v) is 5.39. The van der Waals surface area contributed by atoms with Crippen molar-refractivity contribution in [3.63, 3.8) is 0 Å². The van der Waals surface area contributed by atoms with E-state index in [4.69, 9.17) is 16.1 Å². The molecule has 1 unspecified atom stereocenters. The predicted octanol–water partition coefficient (Wildman–Crippen LogP) is 5.26. The molecule has 0 radical (unpaired) electrons. The molecule has 33 heavy (non-hydrogen) atoms. The van der Waals surface area contributed by atoms with Gasteiger partial charge in [0, 0.05) is 23.0 Å². The lowest BCUT2D eigenvalue weighted by Gasteiger charge is -2.15. The van der Waals surface area contributed by atoms with Crippen LogP contribution in [0, 0.1) is 13.8 Å². The summed E-state index contributed by atoms with van der Waals surface area (Å²) in [7, 11) is 0. The largest absolute Gasteiger partial charge is 0.350 e. The molecule has 4 aromatic rings. The van der Waals surface area contributed by atoms with Crippen LogP contribution in [0.2, 0.25) is 5.02 Å². The van der Waals surface area contributed by atoms with Crippen LogP contribution in [0.4, 0.5) is 11.4 Å². The molecule has 168 valence electrons. The van der Waals surface area contributed by atoms with E-state index in [1.807, 2.05) is 50.2 Å². The topological polar surface area (TPSA) is 102 Å². The number of aryl methyl sites for hydroxylation is 2. The lowest BCUT2D eigenvalue weighted by atomic mass is 10.1. The summed E-state index contributed by atoms with van der Waals surface area (Å²) in [6, 6.07) is 17.2. The van der Waals surface area contributed by atoms with Crippen molar-refractivity contribution in [3.05, 3.63) is 82.8 Å². The van der Waals surface area contributed by atoms with Crippen LogP contribution in [0.1, 0.15) is 34.9 Å². The lowest BCUT2D eigenvalue weighted by molar-refractivity contribution is -0.119. The lowest BCUT2D eigenvalue weighted by Crippen LogP contribution is -2.25. The van der Waals surface area contributed by atoms with Gasteiger partial charge < -0.3 is 15.2 Å². The summed E-state index contributed by atoms with van der Waals surface area (Å²) in [6.07, 6.45) is 0. The van der Waals surface area contributed by atoms with Gasteiger partial charge in [-0.1, -0.05) is 47.1 Å². The molecule has 1 atom stereocenters. The van der Waals surface area contributed by atoms with Crippen molar-refractivity contribution in [2.45, 2.75) is 26.8 Å². The molecular formula is C24H22ClN5O3. The molecule has 0 aliphatic rings. The minimum absolute atomic E-state index is 0.0704. The van der Waals surface area contributed by atoms with Crippen LogP contribution in [-0.2, 0) is 4.79 Å². The molecule has 2 N–H and O–H groups in total. The monoisotopic (exact) mass is 463 g/mol. The highest BCUT2D eigenvalue weighted by Crippen LogP contribution is 2.27. The molecule has 0 aliphatic heterocycles. The van der Waals surface area contributed by atoms with Crippen molar-refractivity contribution in [2.75, 3.05) is 10.6 Å². The van der Waals surface area contributed by atoms with Crippen LogP contribution in [0.15, 0.2) is 65.2 Å². The smallest absolute Gasteiger partial charge is 0.294 e.